The number of carbonyl (C=O) groups is 1. The molecule has 0 radical (unpaired) electrons. The first-order valence-corrected chi connectivity index (χ1v) is 14.4. The van der Waals surface area contributed by atoms with Crippen molar-refractivity contribution in [3.63, 3.8) is 0 Å². The number of carbonyl (C=O) groups excluding carboxylic acids is 1. The van der Waals surface area contributed by atoms with Gasteiger partial charge in [-0.05, 0) is 61.5 Å². The minimum absolute atomic E-state index is 0.0990. The Morgan fingerprint density at radius 1 is 0.872 bits per heavy atom. The number of aromatic amines is 1. The molecule has 0 aliphatic rings. The highest BCUT2D eigenvalue weighted by molar-refractivity contribution is 7.16. The zero-order valence-electron chi connectivity index (χ0n) is 22.2. The fourth-order valence-electron chi connectivity index (χ4n) is 4.54. The normalized spacial score (nSPS) is 11.2. The Morgan fingerprint density at radius 2 is 1.59 bits per heavy atom. The van der Waals surface area contributed by atoms with Crippen molar-refractivity contribution in [3.8, 4) is 5.75 Å². The quantitative estimate of drug-likeness (QED) is 0.179. The molecule has 0 fully saturated rings. The number of nitrogens with one attached hydrogen (secondary N) is 2. The van der Waals surface area contributed by atoms with Crippen molar-refractivity contribution in [2.24, 2.45) is 0 Å². The van der Waals surface area contributed by atoms with Crippen LogP contribution < -0.4 is 10.2 Å². The molecule has 0 spiro atoms. The Labute approximate surface area is 233 Å². The zero-order chi connectivity index (χ0) is 27.3. The lowest BCUT2D eigenvalue weighted by atomic mass is 10.1. The number of fused-ring (bicyclic) bond motifs is 1. The smallest absolute Gasteiger partial charge is 0.305 e. The second-order valence-corrected chi connectivity index (χ2v) is 10.5. The average Bonchev–Trinajstić information content (AvgIpc) is 3.36. The molecule has 39 heavy (non-hydrogen) atoms. The van der Waals surface area contributed by atoms with Crippen molar-refractivity contribution < 1.29 is 14.6 Å². The summed E-state index contributed by atoms with van der Waals surface area (Å²) in [7, 11) is 0. The van der Waals surface area contributed by atoms with E-state index in [1.165, 1.54) is 11.1 Å². The summed E-state index contributed by atoms with van der Waals surface area (Å²) in [5, 5.41) is 13.4. The first-order chi connectivity index (χ1) is 19.1. The van der Waals surface area contributed by atoms with E-state index in [4.69, 9.17) is 4.74 Å². The third-order valence-corrected chi connectivity index (χ3v) is 7.65. The van der Waals surface area contributed by atoms with Crippen LogP contribution >= 0.6 is 11.3 Å². The van der Waals surface area contributed by atoms with Gasteiger partial charge < -0.3 is 25.0 Å². The van der Waals surface area contributed by atoms with Crippen LogP contribution in [-0.2, 0) is 28.8 Å². The molecule has 0 atom stereocenters. The van der Waals surface area contributed by atoms with Crippen LogP contribution in [0, 0.1) is 0 Å². The molecule has 0 unspecified atom stereocenters. The molecule has 3 aromatic carbocycles. The van der Waals surface area contributed by atoms with Crippen molar-refractivity contribution in [3.05, 3.63) is 99.2 Å². The molecule has 1 aromatic heterocycles. The summed E-state index contributed by atoms with van der Waals surface area (Å²) in [6.45, 7) is 3.94. The fourth-order valence-corrected chi connectivity index (χ4v) is 5.43. The van der Waals surface area contributed by atoms with Gasteiger partial charge in [0, 0.05) is 13.1 Å². The van der Waals surface area contributed by atoms with E-state index in [1.807, 2.05) is 47.4 Å². The van der Waals surface area contributed by atoms with Gasteiger partial charge in [0.2, 0.25) is 5.91 Å². The number of nitrogens with zero attached hydrogens (tertiary/aromatic N) is 1. The lowest BCUT2D eigenvalue weighted by Crippen LogP contribution is -2.36. The molecule has 0 aliphatic heterocycles. The predicted molar refractivity (Wildman–Crippen MR) is 158 cm³/mol. The van der Waals surface area contributed by atoms with Crippen molar-refractivity contribution in [1.29, 1.82) is 0 Å². The number of hydrogen-bond acceptors (Lipinski definition) is 6. The number of thiazole rings is 1. The van der Waals surface area contributed by atoms with Gasteiger partial charge in [0.1, 0.15) is 11.3 Å². The molecule has 1 heterocycles. The lowest BCUT2D eigenvalue weighted by Gasteiger charge is -2.23. The van der Waals surface area contributed by atoms with E-state index in [-0.39, 0.29) is 16.5 Å². The van der Waals surface area contributed by atoms with Crippen LogP contribution in [-0.4, -0.2) is 60.3 Å². The number of benzene rings is 3. The van der Waals surface area contributed by atoms with Crippen molar-refractivity contribution in [2.75, 3.05) is 39.4 Å². The molecule has 3 N–H and O–H groups in total. The molecular formula is C31H37N3O4S. The van der Waals surface area contributed by atoms with Crippen LogP contribution in [0.5, 0.6) is 5.75 Å². The van der Waals surface area contributed by atoms with Crippen LogP contribution in [0.15, 0.2) is 77.6 Å². The highest BCUT2D eigenvalue weighted by Gasteiger charge is 2.14. The first-order valence-electron chi connectivity index (χ1n) is 13.6. The number of ether oxygens (including phenoxy) is 1. The summed E-state index contributed by atoms with van der Waals surface area (Å²) in [5.41, 5.74) is 4.00. The molecule has 0 bridgehead atoms. The standard InChI is InChI=1S/C31H37N3O4S/c35-27-13-12-26(30-29(27)33-31(37)39-30)14-19-32-18-7-20-34(21-15-24-8-3-1-4-9-24)28(36)17-23-38-22-16-25-10-5-2-6-11-25/h1-6,8-13,32,35H,7,14-23H2,(H,33,37). The maximum absolute atomic E-state index is 13.0. The minimum atomic E-state index is -0.164. The van der Waals surface area contributed by atoms with E-state index in [1.54, 1.807) is 6.07 Å². The number of phenolic OH excluding ortho intramolecular Hbond substituents is 1. The van der Waals surface area contributed by atoms with Crippen LogP contribution in [0.2, 0.25) is 0 Å². The second kappa shape index (κ2) is 15.2. The number of rotatable bonds is 16. The number of phenols is 1. The van der Waals surface area contributed by atoms with Crippen LogP contribution in [0.1, 0.15) is 29.5 Å². The second-order valence-electron chi connectivity index (χ2n) is 9.53. The number of H-pyrrole nitrogens is 1. The number of aromatic nitrogens is 1. The summed E-state index contributed by atoms with van der Waals surface area (Å²) < 4.78 is 6.57. The zero-order valence-corrected chi connectivity index (χ0v) is 23.1. The van der Waals surface area contributed by atoms with E-state index in [0.717, 1.165) is 60.4 Å². The summed E-state index contributed by atoms with van der Waals surface area (Å²) in [4.78, 5) is 29.2. The first kappa shape index (κ1) is 28.5. The van der Waals surface area contributed by atoms with Gasteiger partial charge in [0.25, 0.3) is 0 Å². The Hall–Kier alpha value is -3.46. The molecule has 0 saturated heterocycles. The van der Waals surface area contributed by atoms with E-state index in [0.29, 0.717) is 38.2 Å². The van der Waals surface area contributed by atoms with Gasteiger partial charge in [-0.25, -0.2) is 0 Å². The van der Waals surface area contributed by atoms with E-state index >= 15 is 0 Å². The van der Waals surface area contributed by atoms with Crippen LogP contribution in [0.25, 0.3) is 10.2 Å². The highest BCUT2D eigenvalue weighted by atomic mass is 32.1. The molecule has 8 heteroatoms. The molecule has 0 saturated carbocycles. The van der Waals surface area contributed by atoms with Gasteiger partial charge in [0.15, 0.2) is 0 Å². The lowest BCUT2D eigenvalue weighted by molar-refractivity contribution is -0.132. The fraction of sp³-hybridized carbons (Fsp3) is 0.355. The van der Waals surface area contributed by atoms with Gasteiger partial charge >= 0.3 is 4.87 Å². The number of hydrogen-bond donors (Lipinski definition) is 3. The SMILES string of the molecule is O=C(CCOCCc1ccccc1)N(CCCNCCc1ccc(O)c2[nH]c(=O)sc12)CCc1ccccc1. The van der Waals surface area contributed by atoms with Crippen molar-refractivity contribution in [2.45, 2.75) is 32.1 Å². The summed E-state index contributed by atoms with van der Waals surface area (Å²) in [5.74, 6) is 0.224. The van der Waals surface area contributed by atoms with Crippen LogP contribution in [0.4, 0.5) is 0 Å². The van der Waals surface area contributed by atoms with Gasteiger partial charge in [-0.3, -0.25) is 9.59 Å². The number of amides is 1. The third kappa shape index (κ3) is 9.06. The van der Waals surface area contributed by atoms with Gasteiger partial charge in [-0.1, -0.05) is 78.1 Å². The molecule has 0 aliphatic carbocycles. The average molecular weight is 548 g/mol. The third-order valence-electron chi connectivity index (χ3n) is 6.70. The summed E-state index contributed by atoms with van der Waals surface area (Å²) in [6, 6.07) is 24.0. The molecule has 4 aromatic rings. The van der Waals surface area contributed by atoms with Gasteiger partial charge in [-0.2, -0.15) is 0 Å². The van der Waals surface area contributed by atoms with E-state index in [2.05, 4.69) is 34.6 Å². The van der Waals surface area contributed by atoms with E-state index in [9.17, 15) is 14.7 Å². The number of aromatic hydroxyl groups is 1. The Bertz CT molecular complexity index is 1350. The Kier molecular flexibility index (Phi) is 11.1. The summed E-state index contributed by atoms with van der Waals surface area (Å²) in [6.07, 6.45) is 3.65. The van der Waals surface area contributed by atoms with Crippen LogP contribution in [0.3, 0.4) is 0 Å². The highest BCUT2D eigenvalue weighted by Crippen LogP contribution is 2.27. The Balaban J connectivity index is 1.20. The maximum Gasteiger partial charge on any atom is 0.305 e. The molecular weight excluding hydrogens is 510 g/mol. The van der Waals surface area contributed by atoms with Gasteiger partial charge in [0.05, 0.1) is 24.3 Å². The van der Waals surface area contributed by atoms with Gasteiger partial charge in [-0.15, -0.1) is 0 Å². The van der Waals surface area contributed by atoms with E-state index < -0.39 is 0 Å². The minimum Gasteiger partial charge on any atom is -0.506 e. The largest absolute Gasteiger partial charge is 0.506 e. The topological polar surface area (TPSA) is 94.7 Å². The van der Waals surface area contributed by atoms with Crippen molar-refractivity contribution in [1.82, 2.24) is 15.2 Å². The Morgan fingerprint density at radius 3 is 2.33 bits per heavy atom. The van der Waals surface area contributed by atoms with Crippen molar-refractivity contribution >= 4 is 27.5 Å². The summed E-state index contributed by atoms with van der Waals surface area (Å²) >= 11 is 1.13. The molecule has 4 rings (SSSR count). The molecule has 1 amide bonds. The maximum atomic E-state index is 13.0. The predicted octanol–water partition coefficient (Wildman–Crippen LogP) is 4.54. The molecule has 206 valence electrons. The molecule has 7 nitrogen and oxygen atoms in total. The monoisotopic (exact) mass is 547 g/mol.